The maximum Gasteiger partial charge on any atom is 0.120 e. The van der Waals surface area contributed by atoms with Crippen LogP contribution < -0.4 is 9.47 Å². The van der Waals surface area contributed by atoms with Crippen LogP contribution in [0, 0.1) is 5.92 Å². The first-order valence-corrected chi connectivity index (χ1v) is 6.56. The molecular weight excluding hydrogens is 224 g/mol. The third-order valence-electron chi connectivity index (χ3n) is 3.85. The maximum atomic E-state index is 6.10. The molecule has 18 heavy (non-hydrogen) atoms. The molecule has 0 aromatic heterocycles. The number of hydrogen-bond donors (Lipinski definition) is 0. The highest BCUT2D eigenvalue weighted by Crippen LogP contribution is 2.32. The molecule has 2 rings (SSSR count). The van der Waals surface area contributed by atoms with E-state index in [1.54, 1.807) is 7.11 Å². The van der Waals surface area contributed by atoms with Gasteiger partial charge in [-0.15, -0.1) is 0 Å². The van der Waals surface area contributed by atoms with Gasteiger partial charge in [0.2, 0.25) is 0 Å². The third-order valence-corrected chi connectivity index (χ3v) is 3.85. The van der Waals surface area contributed by atoms with Gasteiger partial charge in [-0.25, -0.2) is 0 Å². The molecule has 0 unspecified atom stereocenters. The molecule has 2 atom stereocenters. The van der Waals surface area contributed by atoms with Crippen molar-refractivity contribution in [2.45, 2.75) is 39.7 Å². The van der Waals surface area contributed by atoms with Crippen LogP contribution in [-0.2, 0) is 0 Å². The fourth-order valence-electron chi connectivity index (χ4n) is 2.45. The fraction of sp³-hybridized carbons (Fsp3) is 0.500. The van der Waals surface area contributed by atoms with Crippen LogP contribution in [0.25, 0.3) is 0 Å². The smallest absolute Gasteiger partial charge is 0.120 e. The van der Waals surface area contributed by atoms with Crippen LogP contribution in [0.15, 0.2) is 35.4 Å². The molecule has 0 fully saturated rings. The number of rotatable bonds is 3. The summed E-state index contributed by atoms with van der Waals surface area (Å²) in [6.45, 7) is 6.71. The molecule has 2 heteroatoms. The predicted molar refractivity (Wildman–Crippen MR) is 74.2 cm³/mol. The van der Waals surface area contributed by atoms with Gasteiger partial charge < -0.3 is 9.47 Å². The van der Waals surface area contributed by atoms with Crippen LogP contribution in [0.5, 0.6) is 11.5 Å². The lowest BCUT2D eigenvalue weighted by molar-refractivity contribution is 0.134. The molecule has 0 saturated carbocycles. The quantitative estimate of drug-likeness (QED) is 0.744. The van der Waals surface area contributed by atoms with Crippen molar-refractivity contribution < 1.29 is 9.47 Å². The van der Waals surface area contributed by atoms with Gasteiger partial charge in [-0.1, -0.05) is 18.1 Å². The molecule has 0 radical (unpaired) electrons. The number of hydrogen-bond acceptors (Lipinski definition) is 2. The van der Waals surface area contributed by atoms with Gasteiger partial charge >= 0.3 is 0 Å². The molecule has 0 N–H and O–H groups in total. The van der Waals surface area contributed by atoms with Crippen LogP contribution in [0.4, 0.5) is 0 Å². The van der Waals surface area contributed by atoms with Crippen LogP contribution in [-0.4, -0.2) is 13.2 Å². The highest BCUT2D eigenvalue weighted by molar-refractivity contribution is 5.31. The second-order valence-corrected chi connectivity index (χ2v) is 5.28. The SMILES string of the molecule is COc1ccc(O[C@@H]2CC(C)=C(C)C[C@H]2C)cc1. The van der Waals surface area contributed by atoms with E-state index in [1.165, 1.54) is 11.1 Å². The van der Waals surface area contributed by atoms with E-state index in [-0.39, 0.29) is 0 Å². The van der Waals surface area contributed by atoms with Crippen LogP contribution in [0.2, 0.25) is 0 Å². The van der Waals surface area contributed by atoms with Gasteiger partial charge in [-0.2, -0.15) is 0 Å². The van der Waals surface area contributed by atoms with Gasteiger partial charge in [0.15, 0.2) is 0 Å². The largest absolute Gasteiger partial charge is 0.497 e. The lowest BCUT2D eigenvalue weighted by atomic mass is 9.84. The van der Waals surface area contributed by atoms with Crippen molar-refractivity contribution in [1.82, 2.24) is 0 Å². The van der Waals surface area contributed by atoms with Crippen LogP contribution >= 0.6 is 0 Å². The summed E-state index contributed by atoms with van der Waals surface area (Å²) in [6, 6.07) is 7.84. The molecule has 1 aliphatic carbocycles. The minimum atomic E-state index is 0.294. The van der Waals surface area contributed by atoms with Crippen LogP contribution in [0.1, 0.15) is 33.6 Å². The molecule has 0 amide bonds. The van der Waals surface area contributed by atoms with Crippen LogP contribution in [0.3, 0.4) is 0 Å². The topological polar surface area (TPSA) is 18.5 Å². The Kier molecular flexibility index (Phi) is 3.95. The summed E-state index contributed by atoms with van der Waals surface area (Å²) >= 11 is 0. The summed E-state index contributed by atoms with van der Waals surface area (Å²) in [4.78, 5) is 0. The second-order valence-electron chi connectivity index (χ2n) is 5.28. The van der Waals surface area contributed by atoms with Crippen molar-refractivity contribution in [3.63, 3.8) is 0 Å². The normalized spacial score (nSPS) is 24.0. The Morgan fingerprint density at radius 2 is 1.50 bits per heavy atom. The Morgan fingerprint density at radius 3 is 2.11 bits per heavy atom. The molecule has 0 saturated heterocycles. The summed E-state index contributed by atoms with van der Waals surface area (Å²) in [6.07, 6.45) is 2.48. The Hall–Kier alpha value is -1.44. The van der Waals surface area contributed by atoms with E-state index in [9.17, 15) is 0 Å². The van der Waals surface area contributed by atoms with E-state index < -0.39 is 0 Å². The number of ether oxygens (including phenoxy) is 2. The summed E-state index contributed by atoms with van der Waals surface area (Å²) < 4.78 is 11.2. The highest BCUT2D eigenvalue weighted by atomic mass is 16.5. The zero-order valence-electron chi connectivity index (χ0n) is 11.7. The molecule has 1 aromatic carbocycles. The van der Waals surface area contributed by atoms with Crippen molar-refractivity contribution in [2.24, 2.45) is 5.92 Å². The van der Waals surface area contributed by atoms with Crippen molar-refractivity contribution in [2.75, 3.05) is 7.11 Å². The molecule has 2 nitrogen and oxygen atoms in total. The summed E-state index contributed by atoms with van der Waals surface area (Å²) in [7, 11) is 1.68. The fourth-order valence-corrected chi connectivity index (χ4v) is 2.45. The molecule has 0 heterocycles. The van der Waals surface area contributed by atoms with Gasteiger partial charge in [0.25, 0.3) is 0 Å². The van der Waals surface area contributed by atoms with Crippen molar-refractivity contribution in [3.05, 3.63) is 35.4 Å². The zero-order chi connectivity index (χ0) is 13.1. The first kappa shape index (κ1) is 13.0. The highest BCUT2D eigenvalue weighted by Gasteiger charge is 2.25. The Labute approximate surface area is 110 Å². The van der Waals surface area contributed by atoms with Crippen molar-refractivity contribution in [1.29, 1.82) is 0 Å². The molecule has 0 aliphatic heterocycles. The van der Waals surface area contributed by atoms with E-state index >= 15 is 0 Å². The zero-order valence-corrected chi connectivity index (χ0v) is 11.7. The summed E-state index contributed by atoms with van der Waals surface area (Å²) in [5.74, 6) is 2.38. The van der Waals surface area contributed by atoms with Crippen molar-refractivity contribution in [3.8, 4) is 11.5 Å². The lowest BCUT2D eigenvalue weighted by Crippen LogP contribution is -2.29. The monoisotopic (exact) mass is 246 g/mol. The summed E-state index contributed by atoms with van der Waals surface area (Å²) in [5.41, 5.74) is 3.00. The van der Waals surface area contributed by atoms with E-state index in [0.29, 0.717) is 12.0 Å². The predicted octanol–water partition coefficient (Wildman–Crippen LogP) is 4.21. The number of benzene rings is 1. The number of methoxy groups -OCH3 is 1. The van der Waals surface area contributed by atoms with Crippen molar-refractivity contribution >= 4 is 0 Å². The first-order chi connectivity index (χ1) is 8.60. The van der Waals surface area contributed by atoms with Gasteiger partial charge in [0, 0.05) is 6.42 Å². The van der Waals surface area contributed by atoms with E-state index in [2.05, 4.69) is 20.8 Å². The van der Waals surface area contributed by atoms with Gasteiger partial charge in [0.05, 0.1) is 7.11 Å². The average Bonchev–Trinajstić information content (AvgIpc) is 2.37. The van der Waals surface area contributed by atoms with Gasteiger partial charge in [-0.05, 0) is 50.5 Å². The van der Waals surface area contributed by atoms with E-state index in [4.69, 9.17) is 9.47 Å². The molecule has 0 bridgehead atoms. The standard InChI is InChI=1S/C16H22O2/c1-11-9-13(3)16(10-12(11)2)18-15-7-5-14(17-4)6-8-15/h5-8,13,16H,9-10H2,1-4H3/t13-,16-/m1/s1. The Morgan fingerprint density at radius 1 is 0.944 bits per heavy atom. The minimum absolute atomic E-state index is 0.294. The van der Waals surface area contributed by atoms with Gasteiger partial charge in [-0.3, -0.25) is 0 Å². The minimum Gasteiger partial charge on any atom is -0.497 e. The molecule has 1 aromatic rings. The molecular formula is C16H22O2. The van der Waals surface area contributed by atoms with Gasteiger partial charge in [0.1, 0.15) is 17.6 Å². The Balaban J connectivity index is 2.05. The first-order valence-electron chi connectivity index (χ1n) is 6.56. The van der Waals surface area contributed by atoms with E-state index in [1.807, 2.05) is 24.3 Å². The third kappa shape index (κ3) is 2.87. The summed E-state index contributed by atoms with van der Waals surface area (Å²) in [5, 5.41) is 0. The lowest BCUT2D eigenvalue weighted by Gasteiger charge is -2.31. The average molecular weight is 246 g/mol. The van der Waals surface area contributed by atoms with E-state index in [0.717, 1.165) is 24.3 Å². The molecule has 0 spiro atoms. The molecule has 98 valence electrons. The number of allylic oxidation sites excluding steroid dienone is 1. The second kappa shape index (κ2) is 5.47. The maximum absolute atomic E-state index is 6.10. The molecule has 1 aliphatic rings. The Bertz CT molecular complexity index is 431.